The summed E-state index contributed by atoms with van der Waals surface area (Å²) in [6.45, 7) is 0. The fourth-order valence-electron chi connectivity index (χ4n) is 0.597. The molecule has 0 unspecified atom stereocenters. The lowest BCUT2D eigenvalue weighted by atomic mass is 10.2. The highest BCUT2D eigenvalue weighted by Crippen LogP contribution is 2.20. The maximum atomic E-state index is 5.53. The highest BCUT2D eigenvalue weighted by Gasteiger charge is 2.23. The molecule has 0 aromatic heterocycles. The van der Waals surface area contributed by atoms with E-state index in [2.05, 4.69) is 0 Å². The molecule has 2 nitrogen and oxygen atoms in total. The summed E-state index contributed by atoms with van der Waals surface area (Å²) >= 11 is 1.83. The van der Waals surface area contributed by atoms with Crippen LogP contribution < -0.4 is 11.5 Å². The number of hydrogen-bond donors (Lipinski definition) is 2. The van der Waals surface area contributed by atoms with Crippen molar-refractivity contribution in [2.75, 3.05) is 11.5 Å². The molecule has 1 saturated heterocycles. The van der Waals surface area contributed by atoms with Crippen molar-refractivity contribution in [3.63, 3.8) is 0 Å². The van der Waals surface area contributed by atoms with Crippen LogP contribution in [0.2, 0.25) is 0 Å². The number of thioether (sulfide) groups is 1. The molecule has 7 heavy (non-hydrogen) atoms. The van der Waals surface area contributed by atoms with E-state index < -0.39 is 0 Å². The van der Waals surface area contributed by atoms with Gasteiger partial charge in [-0.05, 0) is 12.2 Å². The molecule has 42 valence electrons. The van der Waals surface area contributed by atoms with Crippen molar-refractivity contribution in [3.8, 4) is 0 Å². The van der Waals surface area contributed by atoms with Crippen LogP contribution in [0.25, 0.3) is 0 Å². The second-order valence-electron chi connectivity index (χ2n) is 2.04. The summed E-state index contributed by atoms with van der Waals surface area (Å²) in [6.07, 6.45) is 0.970. The minimum absolute atomic E-state index is 0.343. The van der Waals surface area contributed by atoms with Crippen LogP contribution in [0.15, 0.2) is 0 Å². The average molecular weight is 118 g/mol. The molecule has 0 aromatic rings. The van der Waals surface area contributed by atoms with Crippen molar-refractivity contribution in [3.05, 3.63) is 0 Å². The van der Waals surface area contributed by atoms with Crippen molar-refractivity contribution in [2.45, 2.75) is 12.1 Å². The van der Waals surface area contributed by atoms with Gasteiger partial charge in [-0.15, -0.1) is 0 Å². The van der Waals surface area contributed by atoms with Crippen LogP contribution in [0.1, 0.15) is 6.42 Å². The Morgan fingerprint density at radius 2 is 2.14 bits per heavy atom. The van der Waals surface area contributed by atoms with Crippen LogP contribution in [0.5, 0.6) is 0 Å². The molecule has 1 rings (SSSR count). The van der Waals surface area contributed by atoms with E-state index in [0.717, 1.165) is 17.9 Å². The molecule has 1 fully saturated rings. The van der Waals surface area contributed by atoms with Crippen LogP contribution in [-0.4, -0.2) is 17.2 Å². The van der Waals surface area contributed by atoms with Gasteiger partial charge in [0.05, 0.1) is 5.66 Å². The average Bonchev–Trinajstić information content (AvgIpc) is 1.84. The number of rotatable bonds is 0. The van der Waals surface area contributed by atoms with Crippen LogP contribution in [0.4, 0.5) is 0 Å². The normalized spacial score (nSPS) is 28.3. The summed E-state index contributed by atoms with van der Waals surface area (Å²) < 4.78 is 0. The van der Waals surface area contributed by atoms with Gasteiger partial charge >= 0.3 is 0 Å². The van der Waals surface area contributed by atoms with E-state index in [9.17, 15) is 0 Å². The van der Waals surface area contributed by atoms with Crippen molar-refractivity contribution in [2.24, 2.45) is 11.5 Å². The summed E-state index contributed by atoms with van der Waals surface area (Å²) in [5.41, 5.74) is 10.7. The SMILES string of the molecule is NC1(N)CCSC1. The fourth-order valence-corrected chi connectivity index (χ4v) is 1.79. The summed E-state index contributed by atoms with van der Waals surface area (Å²) in [7, 11) is 0. The molecule has 0 bridgehead atoms. The molecule has 0 radical (unpaired) electrons. The lowest BCUT2D eigenvalue weighted by molar-refractivity contribution is 0.504. The number of hydrogen-bond acceptors (Lipinski definition) is 3. The predicted octanol–water partition coefficient (Wildman–Crippen LogP) is -0.263. The molecule has 1 heterocycles. The first-order valence-electron chi connectivity index (χ1n) is 2.36. The monoisotopic (exact) mass is 118 g/mol. The summed E-state index contributed by atoms with van der Waals surface area (Å²) in [5.74, 6) is 2.06. The quantitative estimate of drug-likeness (QED) is 0.431. The van der Waals surface area contributed by atoms with Crippen LogP contribution in [-0.2, 0) is 0 Å². The van der Waals surface area contributed by atoms with E-state index in [-0.39, 0.29) is 5.66 Å². The third-order valence-corrected chi connectivity index (χ3v) is 2.32. The molecule has 0 spiro atoms. The topological polar surface area (TPSA) is 52.0 Å². The Balaban J connectivity index is 2.40. The van der Waals surface area contributed by atoms with Gasteiger partial charge in [-0.2, -0.15) is 11.8 Å². The first-order valence-corrected chi connectivity index (χ1v) is 3.52. The Hall–Kier alpha value is 0.270. The highest BCUT2D eigenvalue weighted by atomic mass is 32.2. The summed E-state index contributed by atoms with van der Waals surface area (Å²) in [5, 5.41) is 0. The van der Waals surface area contributed by atoms with Gasteiger partial charge in [0.15, 0.2) is 0 Å². The first-order chi connectivity index (χ1) is 3.21. The second kappa shape index (κ2) is 1.65. The van der Waals surface area contributed by atoms with Crippen LogP contribution >= 0.6 is 11.8 Å². The second-order valence-corrected chi connectivity index (χ2v) is 3.14. The molecule has 1 aliphatic heterocycles. The minimum atomic E-state index is -0.343. The van der Waals surface area contributed by atoms with Crippen LogP contribution in [0.3, 0.4) is 0 Å². The molecule has 0 atom stereocenters. The standard InChI is InChI=1S/C4H10N2S/c5-4(6)1-2-7-3-4/h1-3,5-6H2. The van der Waals surface area contributed by atoms with Gasteiger partial charge in [-0.3, -0.25) is 0 Å². The van der Waals surface area contributed by atoms with E-state index >= 15 is 0 Å². The molecule has 3 heteroatoms. The maximum absolute atomic E-state index is 5.53. The lowest BCUT2D eigenvalue weighted by Crippen LogP contribution is -2.49. The van der Waals surface area contributed by atoms with Crippen molar-refractivity contribution in [1.82, 2.24) is 0 Å². The smallest absolute Gasteiger partial charge is 0.0737 e. The van der Waals surface area contributed by atoms with Crippen molar-refractivity contribution in [1.29, 1.82) is 0 Å². The molecule has 0 saturated carbocycles. The molecule has 4 N–H and O–H groups in total. The van der Waals surface area contributed by atoms with E-state index in [1.807, 2.05) is 11.8 Å². The van der Waals surface area contributed by atoms with Gasteiger partial charge in [-0.1, -0.05) is 0 Å². The third kappa shape index (κ3) is 1.33. The van der Waals surface area contributed by atoms with Gasteiger partial charge < -0.3 is 11.5 Å². The fraction of sp³-hybridized carbons (Fsp3) is 1.00. The van der Waals surface area contributed by atoms with Crippen LogP contribution in [0, 0.1) is 0 Å². The predicted molar refractivity (Wildman–Crippen MR) is 33.0 cm³/mol. The molecule has 0 aliphatic carbocycles. The summed E-state index contributed by atoms with van der Waals surface area (Å²) in [4.78, 5) is 0. The van der Waals surface area contributed by atoms with Gasteiger partial charge in [0.2, 0.25) is 0 Å². The van der Waals surface area contributed by atoms with Gasteiger partial charge in [0.25, 0.3) is 0 Å². The first kappa shape index (κ1) is 5.41. The Labute approximate surface area is 47.6 Å². The highest BCUT2D eigenvalue weighted by molar-refractivity contribution is 7.99. The molecular formula is C4H10N2S. The van der Waals surface area contributed by atoms with Crippen molar-refractivity contribution >= 4 is 11.8 Å². The van der Waals surface area contributed by atoms with Gasteiger partial charge in [-0.25, -0.2) is 0 Å². The Bertz CT molecular complexity index is 64.1. The maximum Gasteiger partial charge on any atom is 0.0737 e. The van der Waals surface area contributed by atoms with Crippen molar-refractivity contribution < 1.29 is 0 Å². The molecule has 1 aliphatic rings. The molecule has 0 aromatic carbocycles. The molecular weight excluding hydrogens is 108 g/mol. The largest absolute Gasteiger partial charge is 0.313 e. The van der Waals surface area contributed by atoms with E-state index in [4.69, 9.17) is 11.5 Å². The Morgan fingerprint density at radius 3 is 2.29 bits per heavy atom. The van der Waals surface area contributed by atoms with E-state index in [1.165, 1.54) is 0 Å². The zero-order valence-corrected chi connectivity index (χ0v) is 5.00. The van der Waals surface area contributed by atoms with Gasteiger partial charge in [0.1, 0.15) is 0 Å². The number of nitrogens with two attached hydrogens (primary N) is 2. The van der Waals surface area contributed by atoms with Gasteiger partial charge in [0, 0.05) is 5.75 Å². The Morgan fingerprint density at radius 1 is 1.43 bits per heavy atom. The van der Waals surface area contributed by atoms with E-state index in [0.29, 0.717) is 0 Å². The third-order valence-electron chi connectivity index (χ3n) is 1.08. The molecule has 0 amide bonds. The summed E-state index contributed by atoms with van der Waals surface area (Å²) in [6, 6.07) is 0. The van der Waals surface area contributed by atoms with E-state index in [1.54, 1.807) is 0 Å². The lowest BCUT2D eigenvalue weighted by Gasteiger charge is -2.13. The Kier molecular flexibility index (Phi) is 1.28. The minimum Gasteiger partial charge on any atom is -0.313 e. The zero-order chi connectivity index (χ0) is 5.33. The zero-order valence-electron chi connectivity index (χ0n) is 4.18.